The minimum Gasteiger partial charge on any atom is -0.394 e. The number of thioether (sulfide) groups is 1. The van der Waals surface area contributed by atoms with Gasteiger partial charge in [-0.2, -0.15) is 0 Å². The van der Waals surface area contributed by atoms with E-state index in [-0.39, 0.29) is 29.7 Å². The third-order valence-corrected chi connectivity index (χ3v) is 5.67. The highest BCUT2D eigenvalue weighted by atomic mass is 32.2. The Balaban J connectivity index is 2.16. The van der Waals surface area contributed by atoms with Crippen LogP contribution in [0.2, 0.25) is 0 Å². The minimum atomic E-state index is -0.294. The number of aromatic nitrogens is 2. The van der Waals surface area contributed by atoms with Gasteiger partial charge in [0.2, 0.25) is 0 Å². The van der Waals surface area contributed by atoms with Gasteiger partial charge < -0.3 is 10.4 Å². The number of aliphatic hydroxyl groups excluding tert-OH is 1. The number of thiocarbonyl (C=S) groups is 1. The van der Waals surface area contributed by atoms with E-state index in [0.29, 0.717) is 33.7 Å². The lowest BCUT2D eigenvalue weighted by Crippen LogP contribution is -2.28. The van der Waals surface area contributed by atoms with Crippen molar-refractivity contribution in [2.45, 2.75) is 26.3 Å². The normalized spacial score (nSPS) is 17.1. The number of hydrogen-bond acceptors (Lipinski definition) is 7. The van der Waals surface area contributed by atoms with Crippen molar-refractivity contribution < 1.29 is 9.90 Å². The molecular formula is C18H20N4O3S2. The fourth-order valence-corrected chi connectivity index (χ4v) is 4.08. The zero-order valence-electron chi connectivity index (χ0n) is 15.0. The molecule has 7 nitrogen and oxygen atoms in total. The van der Waals surface area contributed by atoms with Crippen molar-refractivity contribution in [1.29, 1.82) is 0 Å². The number of nitrogens with one attached hydrogen (secondary N) is 1. The fraction of sp³-hybridized carbons (Fsp3) is 0.333. The van der Waals surface area contributed by atoms with Crippen LogP contribution in [-0.4, -0.2) is 48.8 Å². The summed E-state index contributed by atoms with van der Waals surface area (Å²) < 4.78 is 1.90. The topological polar surface area (TPSA) is 86.9 Å². The first-order valence-corrected chi connectivity index (χ1v) is 9.86. The molecule has 1 atom stereocenters. The van der Waals surface area contributed by atoms with Crippen LogP contribution in [0.3, 0.4) is 0 Å². The highest BCUT2D eigenvalue weighted by Gasteiger charge is 2.31. The number of aliphatic hydroxyl groups is 1. The molecule has 1 fully saturated rings. The number of fused-ring (bicyclic) bond motifs is 1. The Morgan fingerprint density at radius 1 is 1.37 bits per heavy atom. The van der Waals surface area contributed by atoms with Crippen LogP contribution in [0.4, 0.5) is 5.82 Å². The van der Waals surface area contributed by atoms with Crippen LogP contribution in [0.15, 0.2) is 34.1 Å². The second kappa shape index (κ2) is 8.20. The third-order valence-electron chi connectivity index (χ3n) is 4.29. The average molecular weight is 405 g/mol. The predicted molar refractivity (Wildman–Crippen MR) is 112 cm³/mol. The Kier molecular flexibility index (Phi) is 5.93. The number of amides is 1. The summed E-state index contributed by atoms with van der Waals surface area (Å²) in [7, 11) is 0. The summed E-state index contributed by atoms with van der Waals surface area (Å²) in [6.07, 6.45) is 3.83. The van der Waals surface area contributed by atoms with E-state index in [0.717, 1.165) is 0 Å². The van der Waals surface area contributed by atoms with Gasteiger partial charge in [-0.05, 0) is 31.6 Å². The average Bonchev–Trinajstić information content (AvgIpc) is 2.95. The van der Waals surface area contributed by atoms with Crippen LogP contribution in [-0.2, 0) is 4.79 Å². The Hall–Kier alpha value is -2.23. The lowest BCUT2D eigenvalue weighted by atomic mass is 10.2. The lowest BCUT2D eigenvalue weighted by Gasteiger charge is -2.17. The SMILES string of the molecule is CC[C@H](CO)Nc1nc2ccccn2c(=O)c1/C=C1\SC(=S)N(CC)C1=O. The molecule has 1 aliphatic rings. The highest BCUT2D eigenvalue weighted by Crippen LogP contribution is 2.32. The number of carbonyl (C=O) groups excluding carboxylic acids is 1. The molecule has 2 aromatic heterocycles. The maximum Gasteiger partial charge on any atom is 0.267 e. The summed E-state index contributed by atoms with van der Waals surface area (Å²) in [5.41, 5.74) is 0.455. The molecule has 0 radical (unpaired) electrons. The summed E-state index contributed by atoms with van der Waals surface area (Å²) in [6, 6.07) is 5.01. The first-order valence-electron chi connectivity index (χ1n) is 8.64. The molecule has 9 heteroatoms. The van der Waals surface area contributed by atoms with Crippen molar-refractivity contribution in [3.8, 4) is 0 Å². The number of anilines is 1. The molecule has 0 saturated carbocycles. The lowest BCUT2D eigenvalue weighted by molar-refractivity contribution is -0.121. The zero-order chi connectivity index (χ0) is 19.6. The van der Waals surface area contributed by atoms with E-state index in [1.54, 1.807) is 24.4 Å². The van der Waals surface area contributed by atoms with Gasteiger partial charge >= 0.3 is 0 Å². The van der Waals surface area contributed by atoms with Crippen LogP contribution < -0.4 is 10.9 Å². The van der Waals surface area contributed by atoms with Crippen LogP contribution >= 0.6 is 24.0 Å². The summed E-state index contributed by atoms with van der Waals surface area (Å²) >= 11 is 6.41. The maximum absolute atomic E-state index is 13.0. The highest BCUT2D eigenvalue weighted by molar-refractivity contribution is 8.26. The Bertz CT molecular complexity index is 982. The molecule has 3 rings (SSSR count). The standard InChI is InChI=1S/C18H20N4O3S2/c1-3-11(10-23)19-15-12(9-13-17(25)21(4-2)18(26)27-13)16(24)22-8-6-5-7-14(22)20-15/h5-9,11,19,23H,3-4,10H2,1-2H3/b13-9-/t11-/m1/s1. The largest absolute Gasteiger partial charge is 0.394 e. The van der Waals surface area contributed by atoms with Crippen molar-refractivity contribution in [1.82, 2.24) is 14.3 Å². The van der Waals surface area contributed by atoms with Gasteiger partial charge in [-0.3, -0.25) is 18.9 Å². The van der Waals surface area contributed by atoms with Crippen LogP contribution in [0.25, 0.3) is 11.7 Å². The van der Waals surface area contributed by atoms with Gasteiger partial charge in [-0.25, -0.2) is 4.98 Å². The third kappa shape index (κ3) is 3.76. The van der Waals surface area contributed by atoms with Gasteiger partial charge in [-0.1, -0.05) is 37.0 Å². The number of rotatable bonds is 6. The van der Waals surface area contributed by atoms with Gasteiger partial charge in [0.05, 0.1) is 23.1 Å². The molecule has 0 unspecified atom stereocenters. The van der Waals surface area contributed by atoms with E-state index in [1.165, 1.54) is 27.1 Å². The van der Waals surface area contributed by atoms with Crippen molar-refractivity contribution in [2.24, 2.45) is 0 Å². The predicted octanol–water partition coefficient (Wildman–Crippen LogP) is 2.10. The van der Waals surface area contributed by atoms with Gasteiger partial charge in [0.25, 0.3) is 11.5 Å². The minimum absolute atomic E-state index is 0.0935. The molecule has 3 heterocycles. The molecule has 1 saturated heterocycles. The van der Waals surface area contributed by atoms with Crippen molar-refractivity contribution in [3.05, 3.63) is 45.2 Å². The summed E-state index contributed by atoms with van der Waals surface area (Å²) in [5, 5.41) is 12.6. The summed E-state index contributed by atoms with van der Waals surface area (Å²) in [6.45, 7) is 4.16. The van der Waals surface area contributed by atoms with Crippen LogP contribution in [0, 0.1) is 0 Å². The molecule has 0 spiro atoms. The number of carbonyl (C=O) groups is 1. The molecule has 2 aromatic rings. The van der Waals surface area contributed by atoms with E-state index in [2.05, 4.69) is 10.3 Å². The molecule has 0 aliphatic carbocycles. The number of likely N-dealkylation sites (N-methyl/N-ethyl adjacent to an activating group) is 1. The summed E-state index contributed by atoms with van der Waals surface area (Å²) in [5.74, 6) is 0.124. The van der Waals surface area contributed by atoms with Gasteiger partial charge in [-0.15, -0.1) is 0 Å². The van der Waals surface area contributed by atoms with Gasteiger partial charge in [0, 0.05) is 12.7 Å². The Morgan fingerprint density at radius 2 is 2.15 bits per heavy atom. The van der Waals surface area contributed by atoms with Crippen LogP contribution in [0.1, 0.15) is 25.8 Å². The quantitative estimate of drug-likeness (QED) is 0.563. The smallest absolute Gasteiger partial charge is 0.267 e. The van der Waals surface area contributed by atoms with E-state index in [1.807, 2.05) is 13.8 Å². The fourth-order valence-electron chi connectivity index (χ4n) is 2.72. The molecule has 0 bridgehead atoms. The van der Waals surface area contributed by atoms with E-state index in [4.69, 9.17) is 12.2 Å². The molecule has 1 aliphatic heterocycles. The van der Waals surface area contributed by atoms with E-state index in [9.17, 15) is 14.7 Å². The first kappa shape index (κ1) is 19.5. The Morgan fingerprint density at radius 3 is 2.78 bits per heavy atom. The number of pyridine rings is 1. The molecule has 142 valence electrons. The van der Waals surface area contributed by atoms with E-state index < -0.39 is 0 Å². The Labute approximate surface area is 166 Å². The maximum atomic E-state index is 13.0. The molecular weight excluding hydrogens is 384 g/mol. The van der Waals surface area contributed by atoms with Gasteiger partial charge in [0.1, 0.15) is 15.8 Å². The second-order valence-corrected chi connectivity index (χ2v) is 7.64. The first-order chi connectivity index (χ1) is 13.0. The number of hydrogen-bond donors (Lipinski definition) is 2. The van der Waals surface area contributed by atoms with Gasteiger partial charge in [0.15, 0.2) is 0 Å². The van der Waals surface area contributed by atoms with E-state index >= 15 is 0 Å². The second-order valence-electron chi connectivity index (χ2n) is 5.97. The zero-order valence-corrected chi connectivity index (χ0v) is 16.6. The van der Waals surface area contributed by atoms with Crippen LogP contribution in [0.5, 0.6) is 0 Å². The molecule has 0 aromatic carbocycles. The molecule has 1 amide bonds. The van der Waals surface area contributed by atoms with Crippen molar-refractivity contribution >= 4 is 51.7 Å². The summed E-state index contributed by atoms with van der Waals surface area (Å²) in [4.78, 5) is 32.0. The number of nitrogens with zero attached hydrogens (tertiary/aromatic N) is 3. The molecule has 27 heavy (non-hydrogen) atoms. The van der Waals surface area contributed by atoms with Crippen molar-refractivity contribution in [2.75, 3.05) is 18.5 Å². The van der Waals surface area contributed by atoms with Crippen molar-refractivity contribution in [3.63, 3.8) is 0 Å². The molecule has 2 N–H and O–H groups in total. The monoisotopic (exact) mass is 404 g/mol.